The van der Waals surface area contributed by atoms with Crippen molar-refractivity contribution in [2.75, 3.05) is 23.7 Å². The van der Waals surface area contributed by atoms with Crippen LogP contribution in [0.1, 0.15) is 38.3 Å². The Bertz CT molecular complexity index is 1310. The number of amides is 2. The van der Waals surface area contributed by atoms with Gasteiger partial charge < -0.3 is 10.2 Å². The number of hydrogen-bond acceptors (Lipinski definition) is 4. The van der Waals surface area contributed by atoms with Gasteiger partial charge in [-0.05, 0) is 48.2 Å². The van der Waals surface area contributed by atoms with Crippen LogP contribution < -0.4 is 9.62 Å². The number of nitrogens with zero attached hydrogens (tertiary/aromatic N) is 2. The predicted octanol–water partition coefficient (Wildman–Crippen LogP) is 6.01. The molecule has 7 nitrogen and oxygen atoms in total. The first-order valence-electron chi connectivity index (χ1n) is 11.8. The van der Waals surface area contributed by atoms with Gasteiger partial charge in [0.1, 0.15) is 12.6 Å². The number of nitrogens with one attached hydrogen (secondary N) is 1. The third kappa shape index (κ3) is 9.16. The van der Waals surface area contributed by atoms with Gasteiger partial charge in [-0.15, -0.1) is 0 Å². The highest BCUT2D eigenvalue weighted by molar-refractivity contribution is 7.92. The van der Waals surface area contributed by atoms with Crippen molar-refractivity contribution in [2.45, 2.75) is 46.0 Å². The number of carbonyl (C=O) groups excluding carboxylic acids is 2. The number of carbonyl (C=O) groups is 2. The molecule has 0 aliphatic heterocycles. The van der Waals surface area contributed by atoms with Crippen LogP contribution in [0, 0.1) is 5.92 Å². The van der Waals surface area contributed by atoms with Gasteiger partial charge in [0, 0.05) is 23.1 Å². The predicted molar refractivity (Wildman–Crippen MR) is 148 cm³/mol. The largest absolute Gasteiger partial charge is 0.416 e. The molecular weight excluding hydrogens is 602 g/mol. The second kappa shape index (κ2) is 13.4. The molecule has 0 aliphatic carbocycles. The molecule has 2 rings (SSSR count). The Labute approximate surface area is 241 Å². The molecule has 2 aromatic carbocycles. The van der Waals surface area contributed by atoms with Crippen molar-refractivity contribution in [3.63, 3.8) is 0 Å². The summed E-state index contributed by atoms with van der Waals surface area (Å²) in [7, 11) is -4.30. The Kier molecular flexibility index (Phi) is 11.4. The lowest BCUT2D eigenvalue weighted by molar-refractivity contribution is -0.140. The zero-order chi connectivity index (χ0) is 29.7. The van der Waals surface area contributed by atoms with Crippen LogP contribution >= 0.6 is 34.8 Å². The summed E-state index contributed by atoms with van der Waals surface area (Å²) in [5, 5.41) is 3.00. The van der Waals surface area contributed by atoms with Crippen molar-refractivity contribution < 1.29 is 31.2 Å². The van der Waals surface area contributed by atoms with E-state index in [9.17, 15) is 31.2 Å². The second-order valence-electron chi connectivity index (χ2n) is 9.25. The lowest BCUT2D eigenvalue weighted by Crippen LogP contribution is -2.52. The van der Waals surface area contributed by atoms with Gasteiger partial charge in [-0.3, -0.25) is 13.9 Å². The smallest absolute Gasteiger partial charge is 0.354 e. The van der Waals surface area contributed by atoms with Crippen molar-refractivity contribution in [1.29, 1.82) is 0 Å². The number of benzene rings is 2. The van der Waals surface area contributed by atoms with Crippen molar-refractivity contribution in [3.8, 4) is 0 Å². The highest BCUT2D eigenvalue weighted by atomic mass is 35.5. The van der Waals surface area contributed by atoms with E-state index in [2.05, 4.69) is 5.32 Å². The van der Waals surface area contributed by atoms with Crippen LogP contribution in [-0.4, -0.2) is 50.5 Å². The maximum atomic E-state index is 13.7. The summed E-state index contributed by atoms with van der Waals surface area (Å²) < 4.78 is 66.0. The Morgan fingerprint density at radius 1 is 1.03 bits per heavy atom. The molecule has 0 spiro atoms. The van der Waals surface area contributed by atoms with Crippen LogP contribution in [0.3, 0.4) is 0 Å². The fourth-order valence-corrected chi connectivity index (χ4v) is 5.24. The first kappa shape index (κ1) is 33.0. The zero-order valence-electron chi connectivity index (χ0n) is 21.7. The number of sulfonamides is 1. The van der Waals surface area contributed by atoms with E-state index in [1.165, 1.54) is 12.1 Å². The number of hydrogen-bond donors (Lipinski definition) is 1. The highest BCUT2D eigenvalue weighted by Gasteiger charge is 2.35. The van der Waals surface area contributed by atoms with E-state index in [1.807, 2.05) is 13.8 Å². The minimum absolute atomic E-state index is 0.116. The van der Waals surface area contributed by atoms with E-state index >= 15 is 0 Å². The van der Waals surface area contributed by atoms with E-state index in [-0.39, 0.29) is 28.9 Å². The number of alkyl halides is 3. The molecular formula is C25H29Cl3F3N3O4S. The van der Waals surface area contributed by atoms with Gasteiger partial charge in [-0.1, -0.05) is 61.6 Å². The van der Waals surface area contributed by atoms with Crippen molar-refractivity contribution in [2.24, 2.45) is 5.92 Å². The Hall–Kier alpha value is -2.21. The molecule has 1 N–H and O–H groups in total. The van der Waals surface area contributed by atoms with Crippen molar-refractivity contribution in [3.05, 3.63) is 62.6 Å². The van der Waals surface area contributed by atoms with Crippen molar-refractivity contribution in [1.82, 2.24) is 10.2 Å². The molecule has 0 radical (unpaired) electrons. The summed E-state index contributed by atoms with van der Waals surface area (Å²) in [6.07, 6.45) is -3.89. The second-order valence-corrected chi connectivity index (χ2v) is 12.4. The van der Waals surface area contributed by atoms with E-state index in [0.29, 0.717) is 33.6 Å². The highest BCUT2D eigenvalue weighted by Crippen LogP contribution is 2.36. The van der Waals surface area contributed by atoms with E-state index in [4.69, 9.17) is 34.8 Å². The van der Waals surface area contributed by atoms with Gasteiger partial charge in [-0.2, -0.15) is 13.2 Å². The standard InChI is InChI=1S/C25H29Cl3F3N3O4S/c1-5-21(24(36)32-12-15(2)3)33(13-16-6-8-18(26)11-20(16)28)23(35)14-34(39(4,37)38)22-10-17(25(29,30)31)7-9-19(22)27/h6-11,15,21H,5,12-14H2,1-4H3,(H,32,36). The average Bonchev–Trinajstić information content (AvgIpc) is 2.81. The monoisotopic (exact) mass is 629 g/mol. The van der Waals surface area contributed by atoms with Gasteiger partial charge in [-0.25, -0.2) is 8.42 Å². The molecule has 0 bridgehead atoms. The lowest BCUT2D eigenvalue weighted by atomic mass is 10.1. The van der Waals surface area contributed by atoms with Gasteiger partial charge in [0.05, 0.1) is 22.5 Å². The van der Waals surface area contributed by atoms with Crippen LogP contribution in [0.2, 0.25) is 15.1 Å². The van der Waals surface area contributed by atoms with Gasteiger partial charge in [0.2, 0.25) is 21.8 Å². The van der Waals surface area contributed by atoms with E-state index < -0.39 is 51.9 Å². The van der Waals surface area contributed by atoms with Crippen LogP contribution in [0.25, 0.3) is 0 Å². The van der Waals surface area contributed by atoms with Crippen LogP contribution in [0.15, 0.2) is 36.4 Å². The third-order valence-electron chi connectivity index (χ3n) is 5.65. The SMILES string of the molecule is CCC(C(=O)NCC(C)C)N(Cc1ccc(Cl)cc1Cl)C(=O)CN(c1cc(C(F)(F)F)ccc1Cl)S(C)(=O)=O. The Morgan fingerprint density at radius 2 is 1.67 bits per heavy atom. The maximum Gasteiger partial charge on any atom is 0.416 e. The van der Waals surface area contributed by atoms with Gasteiger partial charge in [0.25, 0.3) is 0 Å². The average molecular weight is 631 g/mol. The maximum absolute atomic E-state index is 13.7. The molecule has 1 unspecified atom stereocenters. The summed E-state index contributed by atoms with van der Waals surface area (Å²) >= 11 is 18.4. The summed E-state index contributed by atoms with van der Waals surface area (Å²) in [5.41, 5.74) is -1.25. The number of rotatable bonds is 11. The van der Waals surface area contributed by atoms with Crippen LogP contribution in [-0.2, 0) is 32.3 Å². The van der Waals surface area contributed by atoms with E-state index in [1.54, 1.807) is 13.0 Å². The quantitative estimate of drug-likeness (QED) is 0.330. The van der Waals surface area contributed by atoms with Crippen LogP contribution in [0.5, 0.6) is 0 Å². The molecule has 0 aromatic heterocycles. The lowest BCUT2D eigenvalue weighted by Gasteiger charge is -2.33. The van der Waals surface area contributed by atoms with Crippen molar-refractivity contribution >= 4 is 62.3 Å². The molecule has 2 amide bonds. The summed E-state index contributed by atoms with van der Waals surface area (Å²) in [6.45, 7) is 4.66. The topological polar surface area (TPSA) is 86.8 Å². The minimum Gasteiger partial charge on any atom is -0.354 e. The molecule has 0 saturated carbocycles. The van der Waals surface area contributed by atoms with E-state index in [0.717, 1.165) is 17.2 Å². The first-order chi connectivity index (χ1) is 17.9. The molecule has 0 heterocycles. The summed E-state index contributed by atoms with van der Waals surface area (Å²) in [5.74, 6) is -1.22. The van der Waals surface area contributed by atoms with Gasteiger partial charge in [0.15, 0.2) is 0 Å². The Balaban J connectivity index is 2.56. The third-order valence-corrected chi connectivity index (χ3v) is 7.68. The fraction of sp³-hybridized carbons (Fsp3) is 0.440. The summed E-state index contributed by atoms with van der Waals surface area (Å²) in [6, 6.07) is 5.67. The number of halogens is 6. The molecule has 39 heavy (non-hydrogen) atoms. The molecule has 216 valence electrons. The first-order valence-corrected chi connectivity index (χ1v) is 14.8. The Morgan fingerprint density at radius 3 is 2.18 bits per heavy atom. The van der Waals surface area contributed by atoms with Crippen LogP contribution in [0.4, 0.5) is 18.9 Å². The molecule has 0 saturated heterocycles. The summed E-state index contributed by atoms with van der Waals surface area (Å²) in [4.78, 5) is 27.9. The van der Waals surface area contributed by atoms with Gasteiger partial charge >= 0.3 is 6.18 Å². The molecule has 1 atom stereocenters. The normalized spacial score (nSPS) is 12.8. The minimum atomic E-state index is -4.79. The number of anilines is 1. The molecule has 2 aromatic rings. The molecule has 0 aliphatic rings. The zero-order valence-corrected chi connectivity index (χ0v) is 24.7. The molecule has 14 heteroatoms. The molecule has 0 fully saturated rings. The fourth-order valence-electron chi connectivity index (χ4n) is 3.65.